The molecule has 1 aromatic heterocycles. The number of likely N-dealkylation sites (tertiary alicyclic amines) is 1. The van der Waals surface area contributed by atoms with E-state index in [1.807, 2.05) is 11.9 Å². The molecule has 3 aliphatic heterocycles. The maximum atomic E-state index is 12.9. The highest BCUT2D eigenvalue weighted by Crippen LogP contribution is 2.35. The first-order chi connectivity index (χ1) is 14.2. The van der Waals surface area contributed by atoms with Gasteiger partial charge in [-0.2, -0.15) is 0 Å². The van der Waals surface area contributed by atoms with Gasteiger partial charge in [-0.05, 0) is 58.0 Å². The van der Waals surface area contributed by atoms with Gasteiger partial charge in [-0.25, -0.2) is 9.97 Å². The maximum Gasteiger partial charge on any atom is 0.242 e. The Morgan fingerprint density at radius 2 is 1.55 bits per heavy atom. The number of nitrogens with zero attached hydrogens (tertiary/aromatic N) is 6. The third kappa shape index (κ3) is 3.69. The number of hydrogen-bond donors (Lipinski definition) is 0. The van der Waals surface area contributed by atoms with Crippen LogP contribution in [0.5, 0.6) is 0 Å². The van der Waals surface area contributed by atoms with E-state index >= 15 is 0 Å². The Bertz CT molecular complexity index is 737. The first kappa shape index (κ1) is 19.1. The number of amides is 1. The molecule has 29 heavy (non-hydrogen) atoms. The van der Waals surface area contributed by atoms with Gasteiger partial charge in [-0.15, -0.1) is 0 Å². The molecule has 0 N–H and O–H groups in total. The summed E-state index contributed by atoms with van der Waals surface area (Å²) in [6.07, 6.45) is 11.7. The van der Waals surface area contributed by atoms with Gasteiger partial charge in [0.05, 0.1) is 18.7 Å². The summed E-state index contributed by atoms with van der Waals surface area (Å²) in [7, 11) is 1.99. The number of aromatic nitrogens is 2. The predicted molar refractivity (Wildman–Crippen MR) is 114 cm³/mol. The quantitative estimate of drug-likeness (QED) is 0.779. The van der Waals surface area contributed by atoms with Crippen molar-refractivity contribution in [2.45, 2.75) is 70.0 Å². The van der Waals surface area contributed by atoms with Gasteiger partial charge in [0.25, 0.3) is 0 Å². The molecule has 0 aromatic carbocycles. The van der Waals surface area contributed by atoms with Crippen LogP contribution in [0.3, 0.4) is 0 Å². The molecule has 0 unspecified atom stereocenters. The molecular formula is C22H34N6O. The number of likely N-dealkylation sites (N-methyl/N-ethyl adjacent to an activating group) is 1. The Morgan fingerprint density at radius 1 is 0.828 bits per heavy atom. The van der Waals surface area contributed by atoms with Gasteiger partial charge < -0.3 is 19.6 Å². The lowest BCUT2D eigenvalue weighted by Crippen LogP contribution is -2.47. The van der Waals surface area contributed by atoms with Gasteiger partial charge in [-0.1, -0.05) is 6.42 Å². The van der Waals surface area contributed by atoms with E-state index in [-0.39, 0.29) is 5.91 Å². The lowest BCUT2D eigenvalue weighted by atomic mass is 9.91. The molecular weight excluding hydrogens is 364 g/mol. The monoisotopic (exact) mass is 398 g/mol. The summed E-state index contributed by atoms with van der Waals surface area (Å²) in [5.74, 6) is 2.21. The zero-order chi connectivity index (χ0) is 19.8. The fourth-order valence-corrected chi connectivity index (χ4v) is 5.52. The van der Waals surface area contributed by atoms with E-state index in [1.165, 1.54) is 51.6 Å². The number of piperidine rings is 2. The second kappa shape index (κ2) is 8.09. The zero-order valence-corrected chi connectivity index (χ0v) is 17.7. The van der Waals surface area contributed by atoms with E-state index in [4.69, 9.17) is 4.98 Å². The van der Waals surface area contributed by atoms with Crippen LogP contribution in [-0.2, 0) is 11.3 Å². The summed E-state index contributed by atoms with van der Waals surface area (Å²) in [6.45, 7) is 5.72. The summed E-state index contributed by atoms with van der Waals surface area (Å²) < 4.78 is 0. The van der Waals surface area contributed by atoms with E-state index in [1.54, 1.807) is 6.33 Å². The van der Waals surface area contributed by atoms with Gasteiger partial charge in [-0.3, -0.25) is 4.79 Å². The Labute approximate surface area is 174 Å². The molecule has 7 nitrogen and oxygen atoms in total. The lowest BCUT2D eigenvalue weighted by Gasteiger charge is -2.41. The van der Waals surface area contributed by atoms with Gasteiger partial charge in [0.15, 0.2) is 0 Å². The zero-order valence-electron chi connectivity index (χ0n) is 17.7. The molecule has 1 aromatic rings. The van der Waals surface area contributed by atoms with Crippen molar-refractivity contribution in [2.75, 3.05) is 49.6 Å². The van der Waals surface area contributed by atoms with Crippen molar-refractivity contribution in [3.8, 4) is 0 Å². The van der Waals surface area contributed by atoms with Crippen LogP contribution >= 0.6 is 0 Å². The van der Waals surface area contributed by atoms with Crippen molar-refractivity contribution in [3.63, 3.8) is 0 Å². The van der Waals surface area contributed by atoms with Crippen molar-refractivity contribution in [1.29, 1.82) is 0 Å². The minimum absolute atomic E-state index is 0.227. The van der Waals surface area contributed by atoms with Crippen molar-refractivity contribution in [3.05, 3.63) is 11.9 Å². The van der Waals surface area contributed by atoms with Crippen molar-refractivity contribution in [1.82, 2.24) is 19.8 Å². The molecule has 1 aliphatic carbocycles. The van der Waals surface area contributed by atoms with Crippen LogP contribution in [0.25, 0.3) is 0 Å². The van der Waals surface area contributed by atoms with Gasteiger partial charge >= 0.3 is 0 Å². The molecule has 3 fully saturated rings. The van der Waals surface area contributed by atoms with E-state index in [0.29, 0.717) is 19.1 Å². The van der Waals surface area contributed by atoms with Crippen LogP contribution in [0.4, 0.5) is 11.6 Å². The topological polar surface area (TPSA) is 55.8 Å². The van der Waals surface area contributed by atoms with E-state index in [0.717, 1.165) is 49.2 Å². The molecule has 158 valence electrons. The highest BCUT2D eigenvalue weighted by molar-refractivity contribution is 5.84. The highest BCUT2D eigenvalue weighted by atomic mass is 16.2. The minimum atomic E-state index is 0.227. The Balaban J connectivity index is 1.35. The van der Waals surface area contributed by atoms with E-state index < -0.39 is 0 Å². The number of anilines is 2. The fraction of sp³-hybridized carbons (Fsp3) is 0.773. The molecule has 0 spiro atoms. The molecule has 4 aliphatic rings. The first-order valence-electron chi connectivity index (χ1n) is 11.5. The van der Waals surface area contributed by atoms with Crippen molar-refractivity contribution in [2.24, 2.45) is 0 Å². The summed E-state index contributed by atoms with van der Waals surface area (Å²) in [5, 5.41) is 0. The summed E-state index contributed by atoms with van der Waals surface area (Å²) in [5.41, 5.74) is 1.14. The van der Waals surface area contributed by atoms with Crippen LogP contribution < -0.4 is 9.80 Å². The number of hydrogen-bond acceptors (Lipinski definition) is 6. The largest absolute Gasteiger partial charge is 0.356 e. The van der Waals surface area contributed by atoms with Crippen molar-refractivity contribution < 1.29 is 4.79 Å². The average molecular weight is 399 g/mol. The minimum Gasteiger partial charge on any atom is -0.356 e. The summed E-state index contributed by atoms with van der Waals surface area (Å²) in [6, 6.07) is 1.13. The Hall–Kier alpha value is -1.89. The molecule has 1 amide bonds. The lowest BCUT2D eigenvalue weighted by molar-refractivity contribution is -0.134. The van der Waals surface area contributed by atoms with Crippen LogP contribution in [0.1, 0.15) is 56.9 Å². The smallest absolute Gasteiger partial charge is 0.242 e. The SMILES string of the molecule is CN1CC(=O)N(C2CCC2)Cc2c1ncnc2N1CCC(N2CCCCC2)CC1. The Morgan fingerprint density at radius 3 is 2.24 bits per heavy atom. The number of carbonyl (C=O) groups excluding carboxylic acids is 1. The molecule has 0 bridgehead atoms. The predicted octanol–water partition coefficient (Wildman–Crippen LogP) is 2.26. The van der Waals surface area contributed by atoms with Crippen molar-refractivity contribution >= 4 is 17.5 Å². The number of fused-ring (bicyclic) bond motifs is 1. The van der Waals surface area contributed by atoms with E-state index in [9.17, 15) is 4.79 Å². The Kier molecular flexibility index (Phi) is 5.33. The van der Waals surface area contributed by atoms with Gasteiger partial charge in [0, 0.05) is 32.2 Å². The van der Waals surface area contributed by atoms with Crippen LogP contribution in [0.2, 0.25) is 0 Å². The van der Waals surface area contributed by atoms with Crippen LogP contribution in [0, 0.1) is 0 Å². The third-order valence-electron chi connectivity index (χ3n) is 7.47. The second-order valence-electron chi connectivity index (χ2n) is 9.28. The standard InChI is InChI=1S/C22H34N6O/c1-25-15-20(29)28(18-6-5-7-18)14-19-21(25)23-16-24-22(19)27-12-8-17(9-13-27)26-10-3-2-4-11-26/h16-18H,2-15H2,1H3. The molecule has 1 saturated carbocycles. The van der Waals surface area contributed by atoms with Gasteiger partial charge in [0.1, 0.15) is 18.0 Å². The first-order valence-corrected chi connectivity index (χ1v) is 11.5. The van der Waals surface area contributed by atoms with Gasteiger partial charge in [0.2, 0.25) is 5.91 Å². The molecule has 4 heterocycles. The maximum absolute atomic E-state index is 12.9. The third-order valence-corrected chi connectivity index (χ3v) is 7.47. The molecule has 0 atom stereocenters. The highest BCUT2D eigenvalue weighted by Gasteiger charge is 2.35. The number of rotatable bonds is 3. The number of carbonyl (C=O) groups is 1. The average Bonchev–Trinajstić information content (AvgIpc) is 2.84. The summed E-state index contributed by atoms with van der Waals surface area (Å²) in [4.78, 5) is 31.4. The molecule has 2 saturated heterocycles. The molecule has 7 heteroatoms. The van der Waals surface area contributed by atoms with Crippen LogP contribution in [0.15, 0.2) is 6.33 Å². The van der Waals surface area contributed by atoms with Crippen LogP contribution in [-0.4, -0.2) is 77.5 Å². The summed E-state index contributed by atoms with van der Waals surface area (Å²) >= 11 is 0. The second-order valence-corrected chi connectivity index (χ2v) is 9.28. The fourth-order valence-electron chi connectivity index (χ4n) is 5.52. The normalized spacial score (nSPS) is 25.0. The molecule has 5 rings (SSSR count). The van der Waals surface area contributed by atoms with E-state index in [2.05, 4.69) is 19.7 Å². The molecule has 0 radical (unpaired) electrons.